The maximum Gasteiger partial charge on any atom is 0.242 e. The number of nitrogens with zero attached hydrogens (tertiary/aromatic N) is 2. The number of aromatic nitrogens is 2. The average molecular weight is 445 g/mol. The molecular formula is C21H24N4O5S. The molecule has 31 heavy (non-hydrogen) atoms. The van der Waals surface area contributed by atoms with Gasteiger partial charge in [0.15, 0.2) is 0 Å². The quantitative estimate of drug-likeness (QED) is 0.546. The number of amides is 1. The molecular weight excluding hydrogens is 420 g/mol. The second-order valence-corrected chi connectivity index (χ2v) is 8.92. The van der Waals surface area contributed by atoms with Gasteiger partial charge in [0.25, 0.3) is 0 Å². The standard InChI is InChI=1S/C21H24N4O5S/c1-13(2)15-5-7-16(8-6-15)21-24-20(30-25-21)12-22-31(27,28)17-9-10-19(29-4)18(11-17)23-14(3)26/h5-11,13,22H,12H2,1-4H3,(H,23,26). The van der Waals surface area contributed by atoms with Crippen LogP contribution in [-0.2, 0) is 21.4 Å². The largest absolute Gasteiger partial charge is 0.495 e. The fourth-order valence-corrected chi connectivity index (χ4v) is 3.84. The van der Waals surface area contributed by atoms with Crippen molar-refractivity contribution < 1.29 is 22.5 Å². The van der Waals surface area contributed by atoms with Crippen LogP contribution in [0.1, 0.15) is 38.1 Å². The third-order valence-electron chi connectivity index (χ3n) is 4.51. The van der Waals surface area contributed by atoms with Crippen molar-refractivity contribution in [2.24, 2.45) is 0 Å². The second kappa shape index (κ2) is 9.27. The Morgan fingerprint density at radius 1 is 1.16 bits per heavy atom. The van der Waals surface area contributed by atoms with Crippen LogP contribution in [0.15, 0.2) is 51.9 Å². The van der Waals surface area contributed by atoms with E-state index in [1.807, 2.05) is 24.3 Å². The van der Waals surface area contributed by atoms with E-state index in [9.17, 15) is 13.2 Å². The summed E-state index contributed by atoms with van der Waals surface area (Å²) in [6, 6.07) is 11.9. The van der Waals surface area contributed by atoms with Crippen LogP contribution in [0.5, 0.6) is 5.75 Å². The van der Waals surface area contributed by atoms with Crippen molar-refractivity contribution in [3.8, 4) is 17.1 Å². The molecule has 0 bridgehead atoms. The molecule has 10 heteroatoms. The lowest BCUT2D eigenvalue weighted by Gasteiger charge is -2.11. The third kappa shape index (κ3) is 5.47. The van der Waals surface area contributed by atoms with E-state index in [0.29, 0.717) is 17.5 Å². The number of nitrogens with one attached hydrogen (secondary N) is 2. The molecule has 1 heterocycles. The first-order valence-corrected chi connectivity index (χ1v) is 11.1. The number of ether oxygens (including phenoxy) is 1. The smallest absolute Gasteiger partial charge is 0.242 e. The molecule has 2 aromatic carbocycles. The second-order valence-electron chi connectivity index (χ2n) is 7.16. The molecule has 0 radical (unpaired) electrons. The molecule has 0 unspecified atom stereocenters. The van der Waals surface area contributed by atoms with E-state index in [2.05, 4.69) is 34.0 Å². The van der Waals surface area contributed by atoms with Crippen LogP contribution in [-0.4, -0.2) is 31.6 Å². The lowest BCUT2D eigenvalue weighted by Crippen LogP contribution is -2.23. The number of carbonyl (C=O) groups excluding carboxylic acids is 1. The van der Waals surface area contributed by atoms with Gasteiger partial charge in [-0.1, -0.05) is 43.3 Å². The van der Waals surface area contributed by atoms with Gasteiger partial charge in [0.2, 0.25) is 27.6 Å². The van der Waals surface area contributed by atoms with Gasteiger partial charge in [-0.25, -0.2) is 13.1 Å². The predicted molar refractivity (Wildman–Crippen MR) is 115 cm³/mol. The topological polar surface area (TPSA) is 123 Å². The molecule has 0 atom stereocenters. The van der Waals surface area contributed by atoms with E-state index in [0.717, 1.165) is 5.56 Å². The minimum atomic E-state index is -3.90. The molecule has 0 aliphatic rings. The number of anilines is 1. The lowest BCUT2D eigenvalue weighted by atomic mass is 10.0. The van der Waals surface area contributed by atoms with Crippen molar-refractivity contribution in [3.63, 3.8) is 0 Å². The molecule has 0 aliphatic heterocycles. The summed E-state index contributed by atoms with van der Waals surface area (Å²) >= 11 is 0. The molecule has 9 nitrogen and oxygen atoms in total. The van der Waals surface area contributed by atoms with Crippen molar-refractivity contribution in [1.29, 1.82) is 0 Å². The molecule has 164 valence electrons. The van der Waals surface area contributed by atoms with Gasteiger partial charge in [-0.05, 0) is 29.7 Å². The minimum Gasteiger partial charge on any atom is -0.495 e. The molecule has 0 spiro atoms. The van der Waals surface area contributed by atoms with E-state index in [1.165, 1.54) is 37.8 Å². The number of methoxy groups -OCH3 is 1. The Bertz CT molecular complexity index is 1170. The minimum absolute atomic E-state index is 0.0407. The van der Waals surface area contributed by atoms with Crippen LogP contribution < -0.4 is 14.8 Å². The van der Waals surface area contributed by atoms with E-state index in [4.69, 9.17) is 9.26 Å². The van der Waals surface area contributed by atoms with Gasteiger partial charge in [0.1, 0.15) is 5.75 Å². The van der Waals surface area contributed by atoms with E-state index < -0.39 is 10.0 Å². The van der Waals surface area contributed by atoms with Crippen LogP contribution in [0.3, 0.4) is 0 Å². The Morgan fingerprint density at radius 3 is 2.48 bits per heavy atom. The van der Waals surface area contributed by atoms with Crippen molar-refractivity contribution in [2.45, 2.75) is 38.1 Å². The number of hydrogen-bond acceptors (Lipinski definition) is 7. The van der Waals surface area contributed by atoms with Gasteiger partial charge in [0.05, 0.1) is 24.2 Å². The summed E-state index contributed by atoms with van der Waals surface area (Å²) in [6.45, 7) is 5.36. The predicted octanol–water partition coefficient (Wildman–Crippen LogP) is 3.31. The summed E-state index contributed by atoms with van der Waals surface area (Å²) in [4.78, 5) is 15.6. The van der Waals surface area contributed by atoms with Gasteiger partial charge in [-0.2, -0.15) is 4.98 Å². The Morgan fingerprint density at radius 2 is 1.87 bits per heavy atom. The summed E-state index contributed by atoms with van der Waals surface area (Å²) in [7, 11) is -2.47. The first-order valence-electron chi connectivity index (χ1n) is 9.58. The number of carbonyl (C=O) groups is 1. The number of rotatable bonds is 8. The Balaban J connectivity index is 1.73. The van der Waals surface area contributed by atoms with Crippen molar-refractivity contribution in [2.75, 3.05) is 12.4 Å². The van der Waals surface area contributed by atoms with Crippen LogP contribution >= 0.6 is 0 Å². The van der Waals surface area contributed by atoms with E-state index >= 15 is 0 Å². The highest BCUT2D eigenvalue weighted by Gasteiger charge is 2.19. The summed E-state index contributed by atoms with van der Waals surface area (Å²) in [5.41, 5.74) is 2.22. The molecule has 0 fully saturated rings. The van der Waals surface area contributed by atoms with Gasteiger partial charge in [-0.15, -0.1) is 0 Å². The highest BCUT2D eigenvalue weighted by molar-refractivity contribution is 7.89. The summed E-state index contributed by atoms with van der Waals surface area (Å²) in [5, 5.41) is 6.46. The highest BCUT2D eigenvalue weighted by Crippen LogP contribution is 2.27. The Hall–Kier alpha value is -3.24. The average Bonchev–Trinajstić information content (AvgIpc) is 3.21. The van der Waals surface area contributed by atoms with Gasteiger partial charge < -0.3 is 14.6 Å². The SMILES string of the molecule is COc1ccc(S(=O)(=O)NCc2nc(-c3ccc(C(C)C)cc3)no2)cc1NC(C)=O. The lowest BCUT2D eigenvalue weighted by molar-refractivity contribution is -0.114. The monoisotopic (exact) mass is 444 g/mol. The fourth-order valence-electron chi connectivity index (χ4n) is 2.84. The van der Waals surface area contributed by atoms with Crippen molar-refractivity contribution in [1.82, 2.24) is 14.9 Å². The Kier molecular flexibility index (Phi) is 6.71. The number of sulfonamides is 1. The number of hydrogen-bond donors (Lipinski definition) is 2. The van der Waals surface area contributed by atoms with Crippen LogP contribution in [0.2, 0.25) is 0 Å². The molecule has 0 aliphatic carbocycles. The maximum atomic E-state index is 12.7. The first kappa shape index (κ1) is 22.4. The molecule has 0 saturated heterocycles. The summed E-state index contributed by atoms with van der Waals surface area (Å²) in [6.07, 6.45) is 0. The Labute approximate surface area is 180 Å². The molecule has 0 saturated carbocycles. The summed E-state index contributed by atoms with van der Waals surface area (Å²) in [5.74, 6) is 0.914. The molecule has 1 amide bonds. The van der Waals surface area contributed by atoms with Crippen molar-refractivity contribution in [3.05, 3.63) is 53.9 Å². The molecule has 3 aromatic rings. The fraction of sp³-hybridized carbons (Fsp3) is 0.286. The highest BCUT2D eigenvalue weighted by atomic mass is 32.2. The van der Waals surface area contributed by atoms with Gasteiger partial charge in [-0.3, -0.25) is 4.79 Å². The van der Waals surface area contributed by atoms with Gasteiger partial charge in [0, 0.05) is 12.5 Å². The zero-order valence-electron chi connectivity index (χ0n) is 17.7. The molecule has 1 aromatic heterocycles. The number of benzene rings is 2. The van der Waals surface area contributed by atoms with Crippen LogP contribution in [0, 0.1) is 0 Å². The van der Waals surface area contributed by atoms with Crippen molar-refractivity contribution >= 4 is 21.6 Å². The third-order valence-corrected chi connectivity index (χ3v) is 5.91. The van der Waals surface area contributed by atoms with Gasteiger partial charge >= 0.3 is 0 Å². The van der Waals surface area contributed by atoms with E-state index in [-0.39, 0.29) is 28.9 Å². The molecule has 2 N–H and O–H groups in total. The van der Waals surface area contributed by atoms with Crippen LogP contribution in [0.25, 0.3) is 11.4 Å². The maximum absolute atomic E-state index is 12.7. The van der Waals surface area contributed by atoms with Crippen LogP contribution in [0.4, 0.5) is 5.69 Å². The molecule has 3 rings (SSSR count). The zero-order chi connectivity index (χ0) is 22.6. The summed E-state index contributed by atoms with van der Waals surface area (Å²) < 4.78 is 38.1. The first-order chi connectivity index (χ1) is 14.7. The van der Waals surface area contributed by atoms with E-state index in [1.54, 1.807) is 0 Å². The normalized spacial score (nSPS) is 11.5. The zero-order valence-corrected chi connectivity index (χ0v) is 18.5.